The Morgan fingerprint density at radius 2 is 1.70 bits per heavy atom. The van der Waals surface area contributed by atoms with Gasteiger partial charge in [0, 0.05) is 22.3 Å². The van der Waals surface area contributed by atoms with E-state index in [1.54, 1.807) is 31.2 Å². The zero-order valence-electron chi connectivity index (χ0n) is 16.5. The molecule has 158 valence electrons. The van der Waals surface area contributed by atoms with Gasteiger partial charge in [-0.05, 0) is 55.3 Å². The third-order valence-corrected chi connectivity index (χ3v) is 5.16. The van der Waals surface area contributed by atoms with Crippen LogP contribution in [0.15, 0.2) is 59.8 Å². The first-order valence-electron chi connectivity index (χ1n) is 9.66. The maximum Gasteiger partial charge on any atom is 0.338 e. The van der Waals surface area contributed by atoms with Crippen LogP contribution in [0.1, 0.15) is 24.1 Å². The van der Waals surface area contributed by atoms with E-state index in [-0.39, 0.29) is 12.6 Å². The van der Waals surface area contributed by atoms with Crippen LogP contribution in [0, 0.1) is 0 Å². The number of rotatable bonds is 8. The second kappa shape index (κ2) is 10.5. The van der Waals surface area contributed by atoms with Crippen molar-refractivity contribution < 1.29 is 14.3 Å². The summed E-state index contributed by atoms with van der Waals surface area (Å²) in [5.74, 6) is -0.473. The summed E-state index contributed by atoms with van der Waals surface area (Å²) in [5.41, 5.74) is 2.75. The topological polar surface area (TPSA) is 79.5 Å². The number of ether oxygens (including phenoxy) is 1. The number of halogens is 2. The Kier molecular flexibility index (Phi) is 7.74. The van der Waals surface area contributed by atoms with E-state index in [1.165, 1.54) is 0 Å². The number of carbonyl (C=O) groups is 2. The summed E-state index contributed by atoms with van der Waals surface area (Å²) >= 11 is 11.9. The number of nitrogens with one attached hydrogen (secondary N) is 3. The van der Waals surface area contributed by atoms with Gasteiger partial charge in [-0.2, -0.15) is 0 Å². The maximum atomic E-state index is 12.7. The molecule has 0 saturated carbocycles. The van der Waals surface area contributed by atoms with Gasteiger partial charge in [0.05, 0.1) is 18.2 Å². The molecule has 0 spiro atoms. The molecule has 3 rings (SSSR count). The van der Waals surface area contributed by atoms with Gasteiger partial charge in [0.25, 0.3) is 0 Å². The van der Waals surface area contributed by atoms with Crippen LogP contribution in [-0.2, 0) is 16.0 Å². The highest BCUT2D eigenvalue weighted by Crippen LogP contribution is 2.28. The van der Waals surface area contributed by atoms with Gasteiger partial charge >= 0.3 is 12.0 Å². The predicted molar refractivity (Wildman–Crippen MR) is 118 cm³/mol. The van der Waals surface area contributed by atoms with Crippen LogP contribution in [0.25, 0.3) is 0 Å². The van der Waals surface area contributed by atoms with E-state index in [2.05, 4.69) is 16.0 Å². The predicted octanol–water partition coefficient (Wildman–Crippen LogP) is 4.00. The molecule has 1 unspecified atom stereocenters. The molecular weight excluding hydrogens is 425 g/mol. The van der Waals surface area contributed by atoms with Crippen LogP contribution >= 0.6 is 23.2 Å². The minimum Gasteiger partial charge on any atom is -0.463 e. The van der Waals surface area contributed by atoms with Gasteiger partial charge in [0.2, 0.25) is 0 Å². The fourth-order valence-electron chi connectivity index (χ4n) is 3.21. The highest BCUT2D eigenvalue weighted by atomic mass is 35.5. The molecule has 2 amide bonds. The third-order valence-electron chi connectivity index (χ3n) is 4.66. The summed E-state index contributed by atoms with van der Waals surface area (Å²) < 4.78 is 5.25. The highest BCUT2D eigenvalue weighted by Gasteiger charge is 2.33. The van der Waals surface area contributed by atoms with Crippen LogP contribution in [0.5, 0.6) is 0 Å². The summed E-state index contributed by atoms with van der Waals surface area (Å²) in [6.07, 6.45) is 0.784. The molecule has 1 aliphatic rings. The molecule has 1 atom stereocenters. The summed E-state index contributed by atoms with van der Waals surface area (Å²) in [4.78, 5) is 25.0. The Bertz CT molecular complexity index is 928. The maximum absolute atomic E-state index is 12.7. The van der Waals surface area contributed by atoms with Gasteiger partial charge < -0.3 is 20.7 Å². The minimum atomic E-state index is -0.622. The number of hydrogen-bond acceptors (Lipinski definition) is 4. The molecule has 0 aromatic heterocycles. The quantitative estimate of drug-likeness (QED) is 0.422. The van der Waals surface area contributed by atoms with Crippen molar-refractivity contribution in [2.24, 2.45) is 0 Å². The van der Waals surface area contributed by atoms with Crippen LogP contribution < -0.4 is 16.0 Å². The SMILES string of the molecule is CCOC(=O)C1=C(CNCCc2ccc(Cl)cc2)NC(=O)NC1c1ccc(Cl)cc1. The third kappa shape index (κ3) is 5.75. The van der Waals surface area contributed by atoms with Crippen LogP contribution in [0.4, 0.5) is 4.79 Å². The Morgan fingerprint density at radius 3 is 2.33 bits per heavy atom. The number of carbonyl (C=O) groups excluding carboxylic acids is 2. The number of urea groups is 1. The molecule has 8 heteroatoms. The van der Waals surface area contributed by atoms with E-state index in [0.29, 0.717) is 34.4 Å². The van der Waals surface area contributed by atoms with E-state index in [9.17, 15) is 9.59 Å². The lowest BCUT2D eigenvalue weighted by atomic mass is 9.95. The first-order chi connectivity index (χ1) is 14.5. The van der Waals surface area contributed by atoms with Gasteiger partial charge in [-0.25, -0.2) is 9.59 Å². The van der Waals surface area contributed by atoms with Crippen LogP contribution in [0.3, 0.4) is 0 Å². The van der Waals surface area contributed by atoms with E-state index in [4.69, 9.17) is 27.9 Å². The smallest absolute Gasteiger partial charge is 0.338 e. The minimum absolute atomic E-state index is 0.237. The lowest BCUT2D eigenvalue weighted by Gasteiger charge is -2.29. The largest absolute Gasteiger partial charge is 0.463 e. The first kappa shape index (κ1) is 22.2. The van der Waals surface area contributed by atoms with Gasteiger partial charge in [0.15, 0.2) is 0 Å². The fraction of sp³-hybridized carbons (Fsp3) is 0.273. The molecule has 0 fully saturated rings. The lowest BCUT2D eigenvalue weighted by Crippen LogP contribution is -2.48. The second-order valence-electron chi connectivity index (χ2n) is 6.75. The normalized spacial score (nSPS) is 16.1. The lowest BCUT2D eigenvalue weighted by molar-refractivity contribution is -0.139. The number of esters is 1. The number of hydrogen-bond donors (Lipinski definition) is 3. The molecule has 30 heavy (non-hydrogen) atoms. The Hall–Kier alpha value is -2.54. The molecule has 1 aliphatic heterocycles. The van der Waals surface area contributed by atoms with E-state index < -0.39 is 12.0 Å². The Balaban J connectivity index is 1.77. The van der Waals surface area contributed by atoms with Crippen LogP contribution in [0.2, 0.25) is 10.0 Å². The molecule has 1 heterocycles. The van der Waals surface area contributed by atoms with Gasteiger partial charge in [-0.3, -0.25) is 0 Å². The van der Waals surface area contributed by atoms with E-state index in [0.717, 1.165) is 17.5 Å². The molecule has 2 aromatic rings. The zero-order valence-corrected chi connectivity index (χ0v) is 18.0. The highest BCUT2D eigenvalue weighted by molar-refractivity contribution is 6.30. The summed E-state index contributed by atoms with van der Waals surface area (Å²) in [5, 5.41) is 10.1. The molecule has 0 aliphatic carbocycles. The fourth-order valence-corrected chi connectivity index (χ4v) is 3.46. The molecular formula is C22H23Cl2N3O3. The first-order valence-corrected chi connectivity index (χ1v) is 10.4. The van der Waals surface area contributed by atoms with Crippen molar-refractivity contribution in [1.82, 2.24) is 16.0 Å². The van der Waals surface area contributed by atoms with Crippen molar-refractivity contribution in [3.8, 4) is 0 Å². The van der Waals surface area contributed by atoms with Gasteiger partial charge in [-0.1, -0.05) is 47.5 Å². The molecule has 2 aromatic carbocycles. The average Bonchev–Trinajstić information content (AvgIpc) is 2.72. The second-order valence-corrected chi connectivity index (χ2v) is 7.62. The van der Waals surface area contributed by atoms with Crippen molar-refractivity contribution in [3.05, 3.63) is 81.0 Å². The van der Waals surface area contributed by atoms with Crippen LogP contribution in [-0.4, -0.2) is 31.7 Å². The standard InChI is InChI=1S/C22H23Cl2N3O3/c1-2-30-21(28)19-18(13-25-12-11-14-3-7-16(23)8-4-14)26-22(29)27-20(19)15-5-9-17(24)10-6-15/h3-10,20,25H,2,11-13H2,1H3,(H2,26,27,29). The molecule has 0 bridgehead atoms. The Morgan fingerprint density at radius 1 is 1.07 bits per heavy atom. The van der Waals surface area contributed by atoms with Crippen molar-refractivity contribution in [1.29, 1.82) is 0 Å². The van der Waals surface area contributed by atoms with E-state index >= 15 is 0 Å². The van der Waals surface area contributed by atoms with Gasteiger partial charge in [-0.15, -0.1) is 0 Å². The molecule has 6 nitrogen and oxygen atoms in total. The molecule has 0 saturated heterocycles. The summed E-state index contributed by atoms with van der Waals surface area (Å²) in [7, 11) is 0. The molecule has 0 radical (unpaired) electrons. The average molecular weight is 448 g/mol. The molecule has 3 N–H and O–H groups in total. The summed E-state index contributed by atoms with van der Waals surface area (Å²) in [6, 6.07) is 13.6. The van der Waals surface area contributed by atoms with Gasteiger partial charge in [0.1, 0.15) is 0 Å². The Labute approximate surface area is 185 Å². The zero-order chi connectivity index (χ0) is 21.5. The van der Waals surface area contributed by atoms with Crippen molar-refractivity contribution in [2.45, 2.75) is 19.4 Å². The van der Waals surface area contributed by atoms with Crippen molar-refractivity contribution in [3.63, 3.8) is 0 Å². The monoisotopic (exact) mass is 447 g/mol. The summed E-state index contributed by atoms with van der Waals surface area (Å²) in [6.45, 7) is 2.96. The van der Waals surface area contributed by atoms with Crippen molar-refractivity contribution >= 4 is 35.2 Å². The van der Waals surface area contributed by atoms with Crippen molar-refractivity contribution in [2.75, 3.05) is 19.7 Å². The van der Waals surface area contributed by atoms with E-state index in [1.807, 2.05) is 24.3 Å². The number of benzene rings is 2. The number of amides is 2.